The number of hydrogen-bond donors (Lipinski definition) is 0. The highest BCUT2D eigenvalue weighted by Gasteiger charge is 2.50. The molecule has 86 valence electrons. The second kappa shape index (κ2) is 3.18. The molecule has 5 heteroatoms. The van der Waals surface area contributed by atoms with Gasteiger partial charge in [-0.2, -0.15) is 4.31 Å². The highest BCUT2D eigenvalue weighted by atomic mass is 32.2. The van der Waals surface area contributed by atoms with Gasteiger partial charge in [0, 0.05) is 25.2 Å². The number of hydrogen-bond acceptors (Lipinski definition) is 3. The van der Waals surface area contributed by atoms with Gasteiger partial charge in [-0.25, -0.2) is 8.42 Å². The number of rotatable bonds is 2. The molecule has 0 aromatic carbocycles. The van der Waals surface area contributed by atoms with Gasteiger partial charge in [0.05, 0.1) is 5.25 Å². The van der Waals surface area contributed by atoms with Gasteiger partial charge in [-0.1, -0.05) is 0 Å². The lowest BCUT2D eigenvalue weighted by Crippen LogP contribution is -2.55. The van der Waals surface area contributed by atoms with E-state index >= 15 is 0 Å². The summed E-state index contributed by atoms with van der Waals surface area (Å²) in [7, 11) is -0.852. The van der Waals surface area contributed by atoms with Gasteiger partial charge in [-0.3, -0.25) is 0 Å². The Labute approximate surface area is 91.3 Å². The highest BCUT2D eigenvalue weighted by molar-refractivity contribution is 7.90. The molecule has 1 aliphatic carbocycles. The van der Waals surface area contributed by atoms with E-state index in [0.29, 0.717) is 0 Å². The minimum atomic E-state index is -2.94. The Kier molecular flexibility index (Phi) is 2.13. The molecule has 3 fully saturated rings. The Balaban J connectivity index is 1.88. The van der Waals surface area contributed by atoms with Crippen molar-refractivity contribution in [3.05, 3.63) is 0 Å². The van der Waals surface area contributed by atoms with Gasteiger partial charge in [0.2, 0.25) is 10.0 Å². The topological polar surface area (TPSA) is 40.6 Å². The average molecular weight is 230 g/mol. The van der Waals surface area contributed by atoms with Crippen LogP contribution >= 0.6 is 0 Å². The maximum absolute atomic E-state index is 12.2. The Morgan fingerprint density at radius 3 is 2.00 bits per heavy atom. The summed E-state index contributed by atoms with van der Waals surface area (Å²) >= 11 is 0. The predicted octanol–water partition coefficient (Wildman–Crippen LogP) is 0.257. The molecular weight excluding hydrogens is 212 g/mol. The molecule has 3 rings (SSSR count). The first-order valence-corrected chi connectivity index (χ1v) is 7.30. The predicted molar refractivity (Wildman–Crippen MR) is 58.1 cm³/mol. The number of fused-ring (bicyclic) bond motifs is 2. The van der Waals surface area contributed by atoms with Crippen molar-refractivity contribution in [1.29, 1.82) is 0 Å². The number of nitrogens with zero attached hydrogens (tertiary/aromatic N) is 2. The van der Waals surface area contributed by atoms with E-state index in [2.05, 4.69) is 11.9 Å². The quantitative estimate of drug-likeness (QED) is 0.683. The van der Waals surface area contributed by atoms with Crippen molar-refractivity contribution in [3.63, 3.8) is 0 Å². The van der Waals surface area contributed by atoms with Gasteiger partial charge >= 0.3 is 0 Å². The van der Waals surface area contributed by atoms with Crippen molar-refractivity contribution in [2.24, 2.45) is 0 Å². The van der Waals surface area contributed by atoms with Crippen molar-refractivity contribution >= 4 is 10.0 Å². The summed E-state index contributed by atoms with van der Waals surface area (Å²) in [6.07, 6.45) is 3.88. The van der Waals surface area contributed by atoms with Crippen LogP contribution in [-0.4, -0.2) is 55.1 Å². The van der Waals surface area contributed by atoms with Crippen LogP contribution in [0.15, 0.2) is 0 Å². The van der Waals surface area contributed by atoms with Crippen LogP contribution in [0.5, 0.6) is 0 Å². The molecule has 0 radical (unpaired) electrons. The van der Waals surface area contributed by atoms with Gasteiger partial charge in [0.15, 0.2) is 0 Å². The smallest absolute Gasteiger partial charge is 0.217 e. The molecular formula is C10H18N2O2S. The van der Waals surface area contributed by atoms with E-state index < -0.39 is 10.0 Å². The van der Waals surface area contributed by atoms with Gasteiger partial charge in [0.1, 0.15) is 0 Å². The molecule has 2 unspecified atom stereocenters. The van der Waals surface area contributed by atoms with Crippen molar-refractivity contribution in [2.75, 3.05) is 20.1 Å². The summed E-state index contributed by atoms with van der Waals surface area (Å²) in [6.45, 7) is 1.84. The number of likely N-dealkylation sites (N-methyl/N-ethyl adjacent to an activating group) is 1. The Hall–Kier alpha value is -0.130. The first-order chi connectivity index (χ1) is 7.09. The third kappa shape index (κ3) is 1.52. The largest absolute Gasteiger partial charge is 0.303 e. The van der Waals surface area contributed by atoms with Crippen molar-refractivity contribution in [3.8, 4) is 0 Å². The van der Waals surface area contributed by atoms with Crippen LogP contribution in [0.25, 0.3) is 0 Å². The molecule has 3 aliphatic rings. The summed E-state index contributed by atoms with van der Waals surface area (Å²) in [4.78, 5) is 2.27. The Morgan fingerprint density at radius 1 is 1.00 bits per heavy atom. The van der Waals surface area contributed by atoms with Crippen LogP contribution in [-0.2, 0) is 10.0 Å². The van der Waals surface area contributed by atoms with Crippen LogP contribution in [0.4, 0.5) is 0 Å². The zero-order valence-electron chi connectivity index (χ0n) is 9.09. The first kappa shape index (κ1) is 10.1. The summed E-state index contributed by atoms with van der Waals surface area (Å²) in [6, 6.07) is 0.527. The van der Waals surface area contributed by atoms with Crippen LogP contribution in [0, 0.1) is 0 Å². The fraction of sp³-hybridized carbons (Fsp3) is 1.00. The van der Waals surface area contributed by atoms with Crippen LogP contribution in [0.2, 0.25) is 0 Å². The van der Waals surface area contributed by atoms with Gasteiger partial charge in [-0.15, -0.1) is 0 Å². The molecule has 2 saturated heterocycles. The lowest BCUT2D eigenvalue weighted by molar-refractivity contribution is 0.154. The van der Waals surface area contributed by atoms with Crippen molar-refractivity contribution < 1.29 is 8.42 Å². The van der Waals surface area contributed by atoms with E-state index in [4.69, 9.17) is 0 Å². The summed E-state index contributed by atoms with van der Waals surface area (Å²) < 4.78 is 26.3. The number of piperazine rings is 1. The average Bonchev–Trinajstić information content (AvgIpc) is 2.93. The van der Waals surface area contributed by atoms with E-state index in [9.17, 15) is 8.42 Å². The molecule has 2 aliphatic heterocycles. The third-order valence-corrected chi connectivity index (χ3v) is 6.34. The fourth-order valence-corrected chi connectivity index (χ4v) is 5.28. The summed E-state index contributed by atoms with van der Waals surface area (Å²) in [5.74, 6) is 0. The molecule has 4 nitrogen and oxygen atoms in total. The van der Waals surface area contributed by atoms with Crippen LogP contribution in [0.1, 0.15) is 25.7 Å². The minimum absolute atomic E-state index is 0.0380. The van der Waals surface area contributed by atoms with E-state index in [1.165, 1.54) is 0 Å². The van der Waals surface area contributed by atoms with E-state index in [0.717, 1.165) is 38.8 Å². The van der Waals surface area contributed by atoms with E-state index in [1.807, 2.05) is 4.31 Å². The summed E-state index contributed by atoms with van der Waals surface area (Å²) in [5, 5.41) is -0.0380. The molecule has 2 bridgehead atoms. The normalized spacial score (nSPS) is 38.5. The number of sulfonamides is 1. The molecule has 0 N–H and O–H groups in total. The maximum Gasteiger partial charge on any atom is 0.217 e. The van der Waals surface area contributed by atoms with E-state index in [-0.39, 0.29) is 17.3 Å². The van der Waals surface area contributed by atoms with Crippen LogP contribution in [0.3, 0.4) is 0 Å². The van der Waals surface area contributed by atoms with E-state index in [1.54, 1.807) is 0 Å². The zero-order valence-corrected chi connectivity index (χ0v) is 9.91. The van der Waals surface area contributed by atoms with Gasteiger partial charge in [-0.05, 0) is 32.7 Å². The maximum atomic E-state index is 12.2. The second-order valence-corrected chi connectivity index (χ2v) is 7.30. The lowest BCUT2D eigenvalue weighted by Gasteiger charge is -2.38. The molecule has 0 aromatic heterocycles. The summed E-state index contributed by atoms with van der Waals surface area (Å²) in [5.41, 5.74) is 0. The van der Waals surface area contributed by atoms with Crippen molar-refractivity contribution in [1.82, 2.24) is 9.21 Å². The number of likely N-dealkylation sites (tertiary alicyclic amines) is 1. The zero-order chi connectivity index (χ0) is 10.6. The monoisotopic (exact) mass is 230 g/mol. The SMILES string of the molecule is CN1CC2CCC(C1)N2S(=O)(=O)C1CC1. The molecule has 1 saturated carbocycles. The van der Waals surface area contributed by atoms with Crippen LogP contribution < -0.4 is 0 Å². The van der Waals surface area contributed by atoms with Crippen molar-refractivity contribution in [2.45, 2.75) is 43.0 Å². The minimum Gasteiger partial charge on any atom is -0.303 e. The molecule has 2 heterocycles. The standard InChI is InChI=1S/C10H18N2O2S/c1-11-6-8-2-3-9(7-11)12(8)15(13,14)10-4-5-10/h8-10H,2-7H2,1H3. The first-order valence-electron chi connectivity index (χ1n) is 5.80. The second-order valence-electron chi connectivity index (χ2n) is 5.18. The highest BCUT2D eigenvalue weighted by Crippen LogP contribution is 2.39. The Bertz CT molecular complexity index is 350. The molecule has 2 atom stereocenters. The molecule has 0 aromatic rings. The van der Waals surface area contributed by atoms with Gasteiger partial charge < -0.3 is 4.90 Å². The lowest BCUT2D eigenvalue weighted by atomic mass is 10.2. The Morgan fingerprint density at radius 2 is 1.53 bits per heavy atom. The molecule has 0 amide bonds. The van der Waals surface area contributed by atoms with Gasteiger partial charge in [0.25, 0.3) is 0 Å². The molecule has 15 heavy (non-hydrogen) atoms. The molecule has 0 spiro atoms. The third-order valence-electron chi connectivity index (χ3n) is 3.84. The fourth-order valence-electron chi connectivity index (χ4n) is 3.03.